The second kappa shape index (κ2) is 6.25. The minimum absolute atomic E-state index is 0.226. The number of hydrogen-bond acceptors (Lipinski definition) is 4. The van der Waals surface area contributed by atoms with Gasteiger partial charge in [0.15, 0.2) is 0 Å². The van der Waals surface area contributed by atoms with Gasteiger partial charge in [-0.2, -0.15) is 4.80 Å². The molecule has 116 valence electrons. The summed E-state index contributed by atoms with van der Waals surface area (Å²) in [6.07, 6.45) is 1.62. The van der Waals surface area contributed by atoms with Gasteiger partial charge in [-0.25, -0.2) is 0 Å². The van der Waals surface area contributed by atoms with E-state index in [1.165, 1.54) is 5.56 Å². The molecule has 1 aliphatic rings. The van der Waals surface area contributed by atoms with Gasteiger partial charge < -0.3 is 4.90 Å². The first kappa shape index (κ1) is 14.7. The number of nitrogens with zero attached hydrogens (tertiary/aromatic N) is 5. The normalized spacial score (nSPS) is 15.0. The first-order chi connectivity index (χ1) is 10.6. The summed E-state index contributed by atoms with van der Waals surface area (Å²) in [6, 6.07) is 8.26. The van der Waals surface area contributed by atoms with Crippen molar-refractivity contribution >= 4 is 5.91 Å². The Bertz CT molecular complexity index is 647. The maximum absolute atomic E-state index is 11.6. The van der Waals surface area contributed by atoms with E-state index in [1.54, 1.807) is 4.80 Å². The van der Waals surface area contributed by atoms with Gasteiger partial charge in [-0.15, -0.1) is 10.2 Å². The molecule has 0 unspecified atom stereocenters. The van der Waals surface area contributed by atoms with Crippen LogP contribution >= 0.6 is 0 Å². The van der Waals surface area contributed by atoms with E-state index in [1.807, 2.05) is 17.0 Å². The van der Waals surface area contributed by atoms with E-state index in [9.17, 15) is 4.79 Å². The molecule has 0 atom stereocenters. The fourth-order valence-electron chi connectivity index (χ4n) is 2.62. The van der Waals surface area contributed by atoms with Crippen molar-refractivity contribution in [3.63, 3.8) is 0 Å². The van der Waals surface area contributed by atoms with Crippen molar-refractivity contribution in [3.05, 3.63) is 29.8 Å². The molecular weight excluding hydrogens is 278 g/mol. The van der Waals surface area contributed by atoms with Crippen LogP contribution in [0.2, 0.25) is 0 Å². The number of carbonyl (C=O) groups is 1. The minimum Gasteiger partial charge on any atom is -0.341 e. The standard InChI is InChI=1S/C16H21N5O/c1-12(2)13-5-7-14(8-6-13)16-17-19-21(18-16)11-10-20-9-3-4-15(20)22/h5-8,12H,3-4,9-11H2,1-2H3. The van der Waals surface area contributed by atoms with Crippen LogP contribution in [0.15, 0.2) is 24.3 Å². The number of carbonyl (C=O) groups excluding carboxylic acids is 1. The lowest BCUT2D eigenvalue weighted by Crippen LogP contribution is -2.29. The quantitative estimate of drug-likeness (QED) is 0.848. The zero-order chi connectivity index (χ0) is 15.5. The van der Waals surface area contributed by atoms with E-state index in [0.29, 0.717) is 31.3 Å². The zero-order valence-electron chi connectivity index (χ0n) is 13.1. The van der Waals surface area contributed by atoms with E-state index in [-0.39, 0.29) is 5.91 Å². The summed E-state index contributed by atoms with van der Waals surface area (Å²) in [4.78, 5) is 15.0. The van der Waals surface area contributed by atoms with E-state index < -0.39 is 0 Å². The van der Waals surface area contributed by atoms with Gasteiger partial charge in [0.25, 0.3) is 0 Å². The molecule has 22 heavy (non-hydrogen) atoms. The fourth-order valence-corrected chi connectivity index (χ4v) is 2.62. The molecule has 1 aliphatic heterocycles. The zero-order valence-corrected chi connectivity index (χ0v) is 13.1. The van der Waals surface area contributed by atoms with Crippen LogP contribution in [0.1, 0.15) is 38.2 Å². The lowest BCUT2D eigenvalue weighted by Gasteiger charge is -2.13. The van der Waals surface area contributed by atoms with Crippen LogP contribution in [0.4, 0.5) is 0 Å². The maximum atomic E-state index is 11.6. The highest BCUT2D eigenvalue weighted by atomic mass is 16.2. The second-order valence-corrected chi connectivity index (χ2v) is 5.97. The molecule has 0 bridgehead atoms. The summed E-state index contributed by atoms with van der Waals surface area (Å²) < 4.78 is 0. The Balaban J connectivity index is 1.64. The van der Waals surface area contributed by atoms with Crippen LogP contribution in [0.25, 0.3) is 11.4 Å². The lowest BCUT2D eigenvalue weighted by molar-refractivity contribution is -0.127. The van der Waals surface area contributed by atoms with Gasteiger partial charge in [-0.3, -0.25) is 4.79 Å². The molecule has 0 saturated carbocycles. The largest absolute Gasteiger partial charge is 0.341 e. The predicted molar refractivity (Wildman–Crippen MR) is 83.2 cm³/mol. The molecule has 1 aromatic carbocycles. The van der Waals surface area contributed by atoms with Crippen molar-refractivity contribution in [1.29, 1.82) is 0 Å². The molecule has 0 aliphatic carbocycles. The maximum Gasteiger partial charge on any atom is 0.222 e. The Labute approximate surface area is 130 Å². The predicted octanol–water partition coefficient (Wildman–Crippen LogP) is 2.09. The van der Waals surface area contributed by atoms with Crippen LogP contribution < -0.4 is 0 Å². The first-order valence-corrected chi connectivity index (χ1v) is 7.79. The van der Waals surface area contributed by atoms with Crippen molar-refractivity contribution in [1.82, 2.24) is 25.1 Å². The summed E-state index contributed by atoms with van der Waals surface area (Å²) in [7, 11) is 0. The van der Waals surface area contributed by atoms with Gasteiger partial charge in [0.05, 0.1) is 6.54 Å². The Hall–Kier alpha value is -2.24. The van der Waals surface area contributed by atoms with Crippen LogP contribution in [0.3, 0.4) is 0 Å². The minimum atomic E-state index is 0.226. The lowest BCUT2D eigenvalue weighted by atomic mass is 10.0. The molecule has 1 saturated heterocycles. The van der Waals surface area contributed by atoms with E-state index in [4.69, 9.17) is 0 Å². The summed E-state index contributed by atoms with van der Waals surface area (Å²) in [5.74, 6) is 1.36. The first-order valence-electron chi connectivity index (χ1n) is 7.79. The van der Waals surface area contributed by atoms with Gasteiger partial charge in [0, 0.05) is 25.1 Å². The van der Waals surface area contributed by atoms with Crippen molar-refractivity contribution in [2.24, 2.45) is 0 Å². The molecule has 3 rings (SSSR count). The highest BCUT2D eigenvalue weighted by molar-refractivity contribution is 5.77. The molecule has 0 N–H and O–H groups in total. The Morgan fingerprint density at radius 3 is 2.59 bits per heavy atom. The molecule has 1 amide bonds. The summed E-state index contributed by atoms with van der Waals surface area (Å²) in [6.45, 7) is 6.42. The average molecular weight is 299 g/mol. The van der Waals surface area contributed by atoms with Gasteiger partial charge >= 0.3 is 0 Å². The van der Waals surface area contributed by atoms with Crippen LogP contribution in [-0.2, 0) is 11.3 Å². The van der Waals surface area contributed by atoms with Crippen LogP contribution in [0, 0.1) is 0 Å². The van der Waals surface area contributed by atoms with E-state index in [2.05, 4.69) is 41.4 Å². The summed E-state index contributed by atoms with van der Waals surface area (Å²) in [5, 5.41) is 12.6. The third-order valence-corrected chi connectivity index (χ3v) is 4.03. The molecule has 2 heterocycles. The highest BCUT2D eigenvalue weighted by Gasteiger charge is 2.19. The second-order valence-electron chi connectivity index (χ2n) is 5.97. The molecule has 2 aromatic rings. The van der Waals surface area contributed by atoms with Crippen molar-refractivity contribution in [3.8, 4) is 11.4 Å². The fraction of sp³-hybridized carbons (Fsp3) is 0.500. The van der Waals surface area contributed by atoms with Gasteiger partial charge in [0.1, 0.15) is 0 Å². The Morgan fingerprint density at radius 2 is 1.95 bits per heavy atom. The summed E-state index contributed by atoms with van der Waals surface area (Å²) >= 11 is 0. The third kappa shape index (κ3) is 3.16. The molecule has 0 spiro atoms. The number of rotatable bonds is 5. The Kier molecular flexibility index (Phi) is 4.18. The van der Waals surface area contributed by atoms with Crippen LogP contribution in [-0.4, -0.2) is 44.1 Å². The van der Waals surface area contributed by atoms with Crippen molar-refractivity contribution in [2.75, 3.05) is 13.1 Å². The molecule has 1 aromatic heterocycles. The number of aromatic nitrogens is 4. The van der Waals surface area contributed by atoms with Crippen molar-refractivity contribution in [2.45, 2.75) is 39.2 Å². The third-order valence-electron chi connectivity index (χ3n) is 4.03. The Morgan fingerprint density at radius 1 is 1.18 bits per heavy atom. The van der Waals surface area contributed by atoms with Gasteiger partial charge in [-0.05, 0) is 23.1 Å². The number of amides is 1. The molecule has 6 heteroatoms. The van der Waals surface area contributed by atoms with Crippen molar-refractivity contribution < 1.29 is 4.79 Å². The number of likely N-dealkylation sites (tertiary alicyclic amines) is 1. The molecular formula is C16H21N5O. The number of benzene rings is 1. The molecule has 1 fully saturated rings. The van der Waals surface area contributed by atoms with E-state index in [0.717, 1.165) is 18.5 Å². The van der Waals surface area contributed by atoms with Gasteiger partial charge in [0.2, 0.25) is 11.7 Å². The van der Waals surface area contributed by atoms with Crippen LogP contribution in [0.5, 0.6) is 0 Å². The smallest absolute Gasteiger partial charge is 0.222 e. The topological polar surface area (TPSA) is 63.9 Å². The number of hydrogen-bond donors (Lipinski definition) is 0. The van der Waals surface area contributed by atoms with Gasteiger partial charge in [-0.1, -0.05) is 38.1 Å². The number of tetrazole rings is 1. The summed E-state index contributed by atoms with van der Waals surface area (Å²) in [5.41, 5.74) is 2.26. The average Bonchev–Trinajstić information content (AvgIpc) is 3.14. The van der Waals surface area contributed by atoms with E-state index >= 15 is 0 Å². The monoisotopic (exact) mass is 299 g/mol. The molecule has 0 radical (unpaired) electrons. The molecule has 6 nitrogen and oxygen atoms in total. The SMILES string of the molecule is CC(C)c1ccc(-c2nnn(CCN3CCCC3=O)n2)cc1. The highest BCUT2D eigenvalue weighted by Crippen LogP contribution is 2.19.